The van der Waals surface area contributed by atoms with E-state index in [1.54, 1.807) is 0 Å². The molecule has 0 spiro atoms. The highest BCUT2D eigenvalue weighted by Gasteiger charge is 2.36. The van der Waals surface area contributed by atoms with Gasteiger partial charge in [-0.3, -0.25) is 0 Å². The Kier molecular flexibility index (Phi) is 2.21. The minimum atomic E-state index is -4.43. The Hall–Kier alpha value is -1.46. The van der Waals surface area contributed by atoms with Crippen molar-refractivity contribution >= 4 is 5.69 Å². The maximum Gasteiger partial charge on any atom is 0.421 e. The molecule has 1 aliphatic rings. The van der Waals surface area contributed by atoms with Crippen molar-refractivity contribution in [1.29, 1.82) is 0 Å². The fourth-order valence-corrected chi connectivity index (χ4v) is 1.55. The lowest BCUT2D eigenvalue weighted by atomic mass is 10.2. The highest BCUT2D eigenvalue weighted by molar-refractivity contribution is 5.56. The SMILES string of the molecule is COc1nc2c(cc1C(F)(F)F)NCC2. The van der Waals surface area contributed by atoms with E-state index in [2.05, 4.69) is 15.0 Å². The van der Waals surface area contributed by atoms with Crippen LogP contribution in [0.25, 0.3) is 0 Å². The molecule has 0 amide bonds. The van der Waals surface area contributed by atoms with Crippen LogP contribution in [0.1, 0.15) is 11.3 Å². The monoisotopic (exact) mass is 218 g/mol. The van der Waals surface area contributed by atoms with Gasteiger partial charge in [0.1, 0.15) is 5.56 Å². The Morgan fingerprint density at radius 3 is 2.80 bits per heavy atom. The molecule has 0 unspecified atom stereocenters. The Bertz CT molecular complexity index is 390. The number of pyridine rings is 1. The highest BCUT2D eigenvalue weighted by atomic mass is 19.4. The molecular weight excluding hydrogens is 209 g/mol. The molecule has 0 saturated heterocycles. The lowest BCUT2D eigenvalue weighted by molar-refractivity contribution is -0.139. The minimum Gasteiger partial charge on any atom is -0.481 e. The summed E-state index contributed by atoms with van der Waals surface area (Å²) in [5.74, 6) is -0.357. The van der Waals surface area contributed by atoms with E-state index in [0.29, 0.717) is 24.3 Å². The number of anilines is 1. The number of hydrogen-bond acceptors (Lipinski definition) is 3. The van der Waals surface area contributed by atoms with E-state index in [0.717, 1.165) is 6.07 Å². The second kappa shape index (κ2) is 3.29. The van der Waals surface area contributed by atoms with Gasteiger partial charge in [-0.15, -0.1) is 0 Å². The van der Waals surface area contributed by atoms with Crippen molar-refractivity contribution in [1.82, 2.24) is 4.98 Å². The Morgan fingerprint density at radius 1 is 1.47 bits per heavy atom. The summed E-state index contributed by atoms with van der Waals surface area (Å²) in [6, 6.07) is 1.05. The summed E-state index contributed by atoms with van der Waals surface area (Å²) >= 11 is 0. The molecule has 0 radical (unpaired) electrons. The van der Waals surface area contributed by atoms with Gasteiger partial charge in [0.2, 0.25) is 5.88 Å². The summed E-state index contributed by atoms with van der Waals surface area (Å²) < 4.78 is 42.3. The first-order chi connectivity index (χ1) is 7.02. The molecule has 2 rings (SSSR count). The van der Waals surface area contributed by atoms with Gasteiger partial charge in [0.15, 0.2) is 0 Å². The van der Waals surface area contributed by atoms with E-state index >= 15 is 0 Å². The lowest BCUT2D eigenvalue weighted by Gasteiger charge is -2.12. The number of nitrogens with one attached hydrogen (secondary N) is 1. The maximum atomic E-state index is 12.6. The molecule has 0 aliphatic carbocycles. The quantitative estimate of drug-likeness (QED) is 0.783. The number of aromatic nitrogens is 1. The van der Waals surface area contributed by atoms with Crippen molar-refractivity contribution in [2.75, 3.05) is 19.0 Å². The predicted octanol–water partition coefficient (Wildman–Crippen LogP) is 2.08. The van der Waals surface area contributed by atoms with Crippen LogP contribution in [-0.2, 0) is 12.6 Å². The normalized spacial score (nSPS) is 14.7. The Morgan fingerprint density at radius 2 is 2.20 bits per heavy atom. The minimum absolute atomic E-state index is 0.357. The third kappa shape index (κ3) is 1.71. The lowest BCUT2D eigenvalue weighted by Crippen LogP contribution is -2.09. The van der Waals surface area contributed by atoms with E-state index in [1.165, 1.54) is 7.11 Å². The fourth-order valence-electron chi connectivity index (χ4n) is 1.55. The highest BCUT2D eigenvalue weighted by Crippen LogP contribution is 2.38. The smallest absolute Gasteiger partial charge is 0.421 e. The molecule has 0 atom stereocenters. The number of hydrogen-bond donors (Lipinski definition) is 1. The summed E-state index contributed by atoms with van der Waals surface area (Å²) in [6.45, 7) is 0.618. The van der Waals surface area contributed by atoms with E-state index in [4.69, 9.17) is 0 Å². The summed E-state index contributed by atoms with van der Waals surface area (Å²) in [5, 5.41) is 2.85. The van der Waals surface area contributed by atoms with Crippen molar-refractivity contribution in [2.24, 2.45) is 0 Å². The number of methoxy groups -OCH3 is 1. The zero-order valence-electron chi connectivity index (χ0n) is 7.98. The zero-order chi connectivity index (χ0) is 11.1. The van der Waals surface area contributed by atoms with Crippen LogP contribution in [0.2, 0.25) is 0 Å². The number of halogens is 3. The largest absolute Gasteiger partial charge is 0.481 e. The van der Waals surface area contributed by atoms with Crippen molar-refractivity contribution in [3.63, 3.8) is 0 Å². The maximum absolute atomic E-state index is 12.6. The zero-order valence-corrected chi connectivity index (χ0v) is 7.98. The standard InChI is InChI=1S/C9H9F3N2O/c1-15-8-5(9(10,11)12)4-7-6(14-8)2-3-13-7/h4,13H,2-3H2,1H3. The van der Waals surface area contributed by atoms with Crippen molar-refractivity contribution in [2.45, 2.75) is 12.6 Å². The molecular formula is C9H9F3N2O. The van der Waals surface area contributed by atoms with Gasteiger partial charge in [-0.2, -0.15) is 13.2 Å². The van der Waals surface area contributed by atoms with Crippen LogP contribution in [-0.4, -0.2) is 18.6 Å². The van der Waals surface area contributed by atoms with Gasteiger partial charge in [0, 0.05) is 13.0 Å². The van der Waals surface area contributed by atoms with Crippen LogP contribution < -0.4 is 10.1 Å². The number of fused-ring (bicyclic) bond motifs is 1. The summed E-state index contributed by atoms with van der Waals surface area (Å²) in [5.41, 5.74) is 0.237. The van der Waals surface area contributed by atoms with Gasteiger partial charge < -0.3 is 10.1 Å². The molecule has 82 valence electrons. The molecule has 15 heavy (non-hydrogen) atoms. The van der Waals surface area contributed by atoms with E-state index in [1.807, 2.05) is 0 Å². The molecule has 0 fully saturated rings. The van der Waals surface area contributed by atoms with Gasteiger partial charge in [-0.05, 0) is 6.07 Å². The molecule has 1 N–H and O–H groups in total. The van der Waals surface area contributed by atoms with Gasteiger partial charge in [0.05, 0.1) is 18.5 Å². The first-order valence-corrected chi connectivity index (χ1v) is 4.41. The van der Waals surface area contributed by atoms with E-state index < -0.39 is 11.7 Å². The molecule has 3 nitrogen and oxygen atoms in total. The third-order valence-electron chi connectivity index (χ3n) is 2.24. The van der Waals surface area contributed by atoms with Crippen LogP contribution in [0.4, 0.5) is 18.9 Å². The second-order valence-electron chi connectivity index (χ2n) is 3.21. The Balaban J connectivity index is 2.54. The Labute approximate surface area is 84.3 Å². The van der Waals surface area contributed by atoms with Gasteiger partial charge in [-0.1, -0.05) is 0 Å². The van der Waals surface area contributed by atoms with Crippen LogP contribution in [0.3, 0.4) is 0 Å². The molecule has 2 heterocycles. The average Bonchev–Trinajstić information content (AvgIpc) is 2.60. The van der Waals surface area contributed by atoms with Gasteiger partial charge >= 0.3 is 6.18 Å². The number of alkyl halides is 3. The van der Waals surface area contributed by atoms with Crippen molar-refractivity contribution in [3.05, 3.63) is 17.3 Å². The molecule has 0 aromatic carbocycles. The predicted molar refractivity (Wildman–Crippen MR) is 48.0 cm³/mol. The van der Waals surface area contributed by atoms with Crippen LogP contribution >= 0.6 is 0 Å². The van der Waals surface area contributed by atoms with Gasteiger partial charge in [0.25, 0.3) is 0 Å². The molecule has 1 aromatic rings. The van der Waals surface area contributed by atoms with Crippen molar-refractivity contribution < 1.29 is 17.9 Å². The second-order valence-corrected chi connectivity index (χ2v) is 3.21. The molecule has 0 saturated carbocycles. The number of rotatable bonds is 1. The third-order valence-corrected chi connectivity index (χ3v) is 2.24. The van der Waals surface area contributed by atoms with Gasteiger partial charge in [-0.25, -0.2) is 4.98 Å². The average molecular weight is 218 g/mol. The first-order valence-electron chi connectivity index (χ1n) is 4.41. The summed E-state index contributed by atoms with van der Waals surface area (Å²) in [6.07, 6.45) is -3.80. The molecule has 0 bridgehead atoms. The van der Waals surface area contributed by atoms with Crippen LogP contribution in [0.5, 0.6) is 5.88 Å². The van der Waals surface area contributed by atoms with E-state index in [-0.39, 0.29) is 5.88 Å². The first kappa shape index (κ1) is 10.1. The van der Waals surface area contributed by atoms with Crippen LogP contribution in [0.15, 0.2) is 6.07 Å². The molecule has 6 heteroatoms. The van der Waals surface area contributed by atoms with Crippen molar-refractivity contribution in [3.8, 4) is 5.88 Å². The van der Waals surface area contributed by atoms with Crippen LogP contribution in [0, 0.1) is 0 Å². The molecule has 1 aromatic heterocycles. The molecule has 1 aliphatic heterocycles. The summed E-state index contributed by atoms with van der Waals surface area (Å²) in [4.78, 5) is 3.83. The topological polar surface area (TPSA) is 34.1 Å². The number of ether oxygens (including phenoxy) is 1. The fraction of sp³-hybridized carbons (Fsp3) is 0.444. The number of nitrogens with zero attached hydrogens (tertiary/aromatic N) is 1. The summed E-state index contributed by atoms with van der Waals surface area (Å²) in [7, 11) is 1.19. The van der Waals surface area contributed by atoms with E-state index in [9.17, 15) is 13.2 Å².